The van der Waals surface area contributed by atoms with Gasteiger partial charge in [0.05, 0.1) is 13.7 Å². The van der Waals surface area contributed by atoms with Crippen LogP contribution in [0.5, 0.6) is 5.75 Å². The first-order valence-corrected chi connectivity index (χ1v) is 6.49. The van der Waals surface area contributed by atoms with Crippen LogP contribution < -0.4 is 4.74 Å². The molecule has 98 valence electrons. The maximum absolute atomic E-state index is 6.04. The Balaban J connectivity index is 2.30. The summed E-state index contributed by atoms with van der Waals surface area (Å²) in [5.74, 6) is 1.90. The number of ether oxygens (including phenoxy) is 2. The highest BCUT2D eigenvalue weighted by Crippen LogP contribution is 2.35. The van der Waals surface area contributed by atoms with E-state index < -0.39 is 0 Å². The van der Waals surface area contributed by atoms with Crippen LogP contribution in [0.15, 0.2) is 29.8 Å². The molecule has 0 radical (unpaired) electrons. The largest absolute Gasteiger partial charge is 0.497 e. The molecule has 1 aliphatic heterocycles. The number of rotatable bonds is 2. The molecule has 2 rings (SSSR count). The van der Waals surface area contributed by atoms with Crippen molar-refractivity contribution in [2.45, 2.75) is 33.6 Å². The summed E-state index contributed by atoms with van der Waals surface area (Å²) < 4.78 is 11.3. The van der Waals surface area contributed by atoms with Gasteiger partial charge in [0, 0.05) is 5.56 Å². The van der Waals surface area contributed by atoms with Crippen LogP contribution in [-0.2, 0) is 4.74 Å². The second kappa shape index (κ2) is 5.05. The normalized spacial score (nSPS) is 19.1. The van der Waals surface area contributed by atoms with Gasteiger partial charge < -0.3 is 9.47 Å². The lowest BCUT2D eigenvalue weighted by molar-refractivity contribution is 0.155. The molecule has 0 N–H and O–H groups in total. The minimum atomic E-state index is 0.252. The number of hydrogen-bond acceptors (Lipinski definition) is 2. The van der Waals surface area contributed by atoms with Crippen molar-refractivity contribution in [3.05, 3.63) is 35.4 Å². The SMILES string of the molecule is COc1cccc(C2=C(C)CCC(C)(C)CO2)c1. The van der Waals surface area contributed by atoms with Gasteiger partial charge in [-0.2, -0.15) is 0 Å². The topological polar surface area (TPSA) is 18.5 Å². The molecule has 0 unspecified atom stereocenters. The predicted molar refractivity (Wildman–Crippen MR) is 74.6 cm³/mol. The Morgan fingerprint density at radius 1 is 1.28 bits per heavy atom. The third kappa shape index (κ3) is 2.87. The lowest BCUT2D eigenvalue weighted by Gasteiger charge is -2.22. The maximum Gasteiger partial charge on any atom is 0.125 e. The fourth-order valence-corrected chi connectivity index (χ4v) is 2.20. The van der Waals surface area contributed by atoms with Gasteiger partial charge in [-0.25, -0.2) is 0 Å². The Hall–Kier alpha value is -1.44. The summed E-state index contributed by atoms with van der Waals surface area (Å²) >= 11 is 0. The summed E-state index contributed by atoms with van der Waals surface area (Å²) in [5.41, 5.74) is 2.69. The molecule has 0 spiro atoms. The van der Waals surface area contributed by atoms with E-state index in [2.05, 4.69) is 26.8 Å². The Bertz CT molecular complexity index is 458. The van der Waals surface area contributed by atoms with Gasteiger partial charge in [0.25, 0.3) is 0 Å². The Kier molecular flexibility index (Phi) is 3.65. The van der Waals surface area contributed by atoms with E-state index in [9.17, 15) is 0 Å². The smallest absolute Gasteiger partial charge is 0.125 e. The lowest BCUT2D eigenvalue weighted by Crippen LogP contribution is -2.16. The second-order valence-corrected chi connectivity index (χ2v) is 5.79. The van der Waals surface area contributed by atoms with E-state index in [0.717, 1.165) is 30.1 Å². The second-order valence-electron chi connectivity index (χ2n) is 5.79. The summed E-state index contributed by atoms with van der Waals surface area (Å²) in [7, 11) is 1.69. The van der Waals surface area contributed by atoms with Crippen molar-refractivity contribution < 1.29 is 9.47 Å². The van der Waals surface area contributed by atoms with Crippen LogP contribution in [0, 0.1) is 5.41 Å². The Labute approximate surface area is 110 Å². The molecule has 1 aromatic carbocycles. The summed E-state index contributed by atoms with van der Waals surface area (Å²) in [6.45, 7) is 7.46. The fourth-order valence-electron chi connectivity index (χ4n) is 2.20. The molecule has 0 aromatic heterocycles. The summed E-state index contributed by atoms with van der Waals surface area (Å²) in [5, 5.41) is 0. The molecule has 1 aromatic rings. The van der Waals surface area contributed by atoms with Crippen molar-refractivity contribution in [3.63, 3.8) is 0 Å². The zero-order chi connectivity index (χ0) is 13.2. The zero-order valence-electron chi connectivity index (χ0n) is 11.7. The molecule has 0 fully saturated rings. The fraction of sp³-hybridized carbons (Fsp3) is 0.500. The third-order valence-electron chi connectivity index (χ3n) is 3.50. The number of hydrogen-bond donors (Lipinski definition) is 0. The molecule has 2 nitrogen and oxygen atoms in total. The maximum atomic E-state index is 6.04. The lowest BCUT2D eigenvalue weighted by atomic mass is 9.88. The summed E-state index contributed by atoms with van der Waals surface area (Å²) in [6.07, 6.45) is 2.27. The molecule has 1 aliphatic rings. The molecule has 0 bridgehead atoms. The van der Waals surface area contributed by atoms with Gasteiger partial charge in [0.1, 0.15) is 11.5 Å². The first-order chi connectivity index (χ1) is 8.52. The van der Waals surface area contributed by atoms with E-state index in [1.165, 1.54) is 12.0 Å². The van der Waals surface area contributed by atoms with E-state index in [1.807, 2.05) is 18.2 Å². The molecule has 0 amide bonds. The quantitative estimate of drug-likeness (QED) is 0.776. The summed E-state index contributed by atoms with van der Waals surface area (Å²) in [6, 6.07) is 8.09. The van der Waals surface area contributed by atoms with Crippen LogP contribution >= 0.6 is 0 Å². The molecule has 0 atom stereocenters. The van der Waals surface area contributed by atoms with Gasteiger partial charge in [0.15, 0.2) is 0 Å². The van der Waals surface area contributed by atoms with Crippen molar-refractivity contribution in [1.82, 2.24) is 0 Å². The van der Waals surface area contributed by atoms with Crippen molar-refractivity contribution in [2.24, 2.45) is 5.41 Å². The number of benzene rings is 1. The van der Waals surface area contributed by atoms with E-state index in [4.69, 9.17) is 9.47 Å². The molecule has 18 heavy (non-hydrogen) atoms. The standard InChI is InChI=1S/C16H22O2/c1-12-8-9-16(2,3)11-18-15(12)13-6-5-7-14(10-13)17-4/h5-7,10H,8-9,11H2,1-4H3. The first-order valence-electron chi connectivity index (χ1n) is 6.49. The number of allylic oxidation sites excluding steroid dienone is 1. The minimum Gasteiger partial charge on any atom is -0.497 e. The van der Waals surface area contributed by atoms with E-state index in [0.29, 0.717) is 0 Å². The van der Waals surface area contributed by atoms with E-state index in [-0.39, 0.29) is 5.41 Å². The van der Waals surface area contributed by atoms with Gasteiger partial charge in [-0.15, -0.1) is 0 Å². The van der Waals surface area contributed by atoms with Crippen molar-refractivity contribution >= 4 is 5.76 Å². The molecular weight excluding hydrogens is 224 g/mol. The van der Waals surface area contributed by atoms with Gasteiger partial charge in [0.2, 0.25) is 0 Å². The van der Waals surface area contributed by atoms with Crippen molar-refractivity contribution in [2.75, 3.05) is 13.7 Å². The van der Waals surface area contributed by atoms with Crippen molar-refractivity contribution in [1.29, 1.82) is 0 Å². The van der Waals surface area contributed by atoms with Crippen molar-refractivity contribution in [3.8, 4) is 5.75 Å². The van der Waals surface area contributed by atoms with E-state index in [1.54, 1.807) is 7.11 Å². The predicted octanol–water partition coefficient (Wildman–Crippen LogP) is 4.26. The van der Waals surface area contributed by atoms with Crippen LogP contribution in [0.1, 0.15) is 39.2 Å². The molecule has 1 heterocycles. The molecular formula is C16H22O2. The monoisotopic (exact) mass is 246 g/mol. The Morgan fingerprint density at radius 2 is 2.06 bits per heavy atom. The van der Waals surface area contributed by atoms with Crippen LogP contribution in [-0.4, -0.2) is 13.7 Å². The van der Waals surface area contributed by atoms with Gasteiger partial charge in [-0.05, 0) is 42.9 Å². The van der Waals surface area contributed by atoms with Crippen LogP contribution in [0.25, 0.3) is 5.76 Å². The third-order valence-corrected chi connectivity index (χ3v) is 3.50. The zero-order valence-corrected chi connectivity index (χ0v) is 11.7. The number of methoxy groups -OCH3 is 1. The van der Waals surface area contributed by atoms with Gasteiger partial charge in [-0.3, -0.25) is 0 Å². The van der Waals surface area contributed by atoms with Crippen LogP contribution in [0.4, 0.5) is 0 Å². The van der Waals surface area contributed by atoms with Crippen LogP contribution in [0.3, 0.4) is 0 Å². The molecule has 0 saturated heterocycles. The molecule has 0 aliphatic carbocycles. The molecule has 0 saturated carbocycles. The molecule has 2 heteroatoms. The Morgan fingerprint density at radius 3 is 2.78 bits per heavy atom. The minimum absolute atomic E-state index is 0.252. The van der Waals surface area contributed by atoms with Gasteiger partial charge in [-0.1, -0.05) is 26.0 Å². The highest BCUT2D eigenvalue weighted by atomic mass is 16.5. The average Bonchev–Trinajstić information content (AvgIpc) is 2.49. The van der Waals surface area contributed by atoms with E-state index >= 15 is 0 Å². The average molecular weight is 246 g/mol. The summed E-state index contributed by atoms with van der Waals surface area (Å²) in [4.78, 5) is 0. The van der Waals surface area contributed by atoms with Gasteiger partial charge >= 0.3 is 0 Å². The highest BCUT2D eigenvalue weighted by Gasteiger charge is 2.24. The van der Waals surface area contributed by atoms with Crippen LogP contribution in [0.2, 0.25) is 0 Å². The highest BCUT2D eigenvalue weighted by molar-refractivity contribution is 5.64. The first kappa shape index (κ1) is 13.0.